The topological polar surface area (TPSA) is 152 Å². The van der Waals surface area contributed by atoms with Gasteiger partial charge in [0.15, 0.2) is 5.82 Å². The largest absolute Gasteiger partial charge is 0.389 e. The normalized spacial score (nSPS) is 18.7. The molecular weight excluding hydrogens is 536 g/mol. The molecule has 1 saturated heterocycles. The number of H-pyrrole nitrogens is 1. The molecule has 12 heteroatoms. The highest BCUT2D eigenvalue weighted by atomic mass is 35.5. The van der Waals surface area contributed by atoms with Gasteiger partial charge in [-0.15, -0.1) is 0 Å². The van der Waals surface area contributed by atoms with E-state index in [0.29, 0.717) is 21.3 Å². The monoisotopic (exact) mass is 566 g/mol. The Bertz CT molecular complexity index is 1620. The number of aliphatic hydroxyl groups is 1. The number of halogens is 1. The molecule has 0 unspecified atom stereocenters. The fourth-order valence-corrected chi connectivity index (χ4v) is 6.98. The Balaban J connectivity index is 1.20. The van der Waals surface area contributed by atoms with E-state index in [1.807, 2.05) is 6.20 Å². The van der Waals surface area contributed by atoms with Crippen molar-refractivity contribution in [3.05, 3.63) is 63.6 Å². The number of hydrogen-bond acceptors (Lipinski definition) is 9. The van der Waals surface area contributed by atoms with Gasteiger partial charge in [0.1, 0.15) is 10.8 Å². The summed E-state index contributed by atoms with van der Waals surface area (Å²) in [6.45, 7) is 5.02. The molecule has 1 aromatic carbocycles. The fraction of sp³-hybridized carbons (Fsp3) is 0.407. The molecule has 2 aliphatic rings. The molecule has 39 heavy (non-hydrogen) atoms. The lowest BCUT2D eigenvalue weighted by atomic mass is 9.73. The van der Waals surface area contributed by atoms with Crippen LogP contribution >= 0.6 is 23.4 Å². The number of benzene rings is 1. The van der Waals surface area contributed by atoms with Crippen molar-refractivity contribution in [3.63, 3.8) is 0 Å². The van der Waals surface area contributed by atoms with E-state index in [1.165, 1.54) is 33.9 Å². The zero-order chi connectivity index (χ0) is 27.5. The Morgan fingerprint density at radius 1 is 1.26 bits per heavy atom. The third-order valence-electron chi connectivity index (χ3n) is 7.88. The lowest BCUT2D eigenvalue weighted by Crippen LogP contribution is -2.44. The smallest absolute Gasteiger partial charge is 0.262 e. The zero-order valence-corrected chi connectivity index (χ0v) is 23.4. The van der Waals surface area contributed by atoms with Crippen LogP contribution in [0.15, 0.2) is 51.6 Å². The second kappa shape index (κ2) is 9.51. The minimum absolute atomic E-state index is 0.0285. The molecule has 0 saturated carbocycles. The maximum absolute atomic E-state index is 13.1. The van der Waals surface area contributed by atoms with Gasteiger partial charge in [-0.3, -0.25) is 9.36 Å². The van der Waals surface area contributed by atoms with E-state index >= 15 is 0 Å². The predicted octanol–water partition coefficient (Wildman–Crippen LogP) is 3.52. The molecule has 6 N–H and O–H groups in total. The minimum atomic E-state index is -1.08. The van der Waals surface area contributed by atoms with Crippen LogP contribution in [0.4, 0.5) is 11.6 Å². The Kier molecular flexibility index (Phi) is 6.37. The molecule has 3 aromatic heterocycles. The van der Waals surface area contributed by atoms with Crippen molar-refractivity contribution in [2.75, 3.05) is 23.7 Å². The van der Waals surface area contributed by atoms with E-state index < -0.39 is 5.60 Å². The van der Waals surface area contributed by atoms with Crippen molar-refractivity contribution < 1.29 is 5.11 Å². The van der Waals surface area contributed by atoms with E-state index in [4.69, 9.17) is 23.1 Å². The molecule has 204 valence electrons. The first-order chi connectivity index (χ1) is 18.5. The number of aromatic nitrogens is 5. The molecule has 0 radical (unpaired) electrons. The van der Waals surface area contributed by atoms with Crippen molar-refractivity contribution in [2.45, 2.75) is 61.2 Å². The van der Waals surface area contributed by atoms with Crippen LogP contribution in [0.2, 0.25) is 5.02 Å². The first-order valence-electron chi connectivity index (χ1n) is 12.9. The number of nitrogens with two attached hydrogens (primary N) is 2. The van der Waals surface area contributed by atoms with E-state index in [1.54, 1.807) is 32.2 Å². The standard InChI is InChI=1S/C27H31ClN8O2S/c1-26(2,38)13-36-14-33-16-3-4-17(20(28)19(16)25(36)37)39-24-23(30)34-18(12-32-24)35-9-6-27(7-10-35)11-15-5-8-31-21(15)22(27)29/h3-5,8,12,14,22,31,38H,6-7,9-11,13,29H2,1-2H3,(H2,30,34)/t22-/m1/s1. The van der Waals surface area contributed by atoms with Crippen LogP contribution in [0.3, 0.4) is 0 Å². The summed E-state index contributed by atoms with van der Waals surface area (Å²) in [6, 6.07) is 5.70. The number of fused-ring (bicyclic) bond motifs is 2. The van der Waals surface area contributed by atoms with Gasteiger partial charge in [-0.1, -0.05) is 23.4 Å². The predicted molar refractivity (Wildman–Crippen MR) is 153 cm³/mol. The molecule has 4 heterocycles. The van der Waals surface area contributed by atoms with Gasteiger partial charge in [0.25, 0.3) is 5.56 Å². The number of hydrogen-bond donors (Lipinski definition) is 4. The van der Waals surface area contributed by atoms with Crippen molar-refractivity contribution >= 4 is 45.9 Å². The van der Waals surface area contributed by atoms with Gasteiger partial charge in [0.05, 0.1) is 46.6 Å². The summed E-state index contributed by atoms with van der Waals surface area (Å²) in [5.41, 5.74) is 14.7. The summed E-state index contributed by atoms with van der Waals surface area (Å²) in [5.74, 6) is 1.03. The third kappa shape index (κ3) is 4.67. The van der Waals surface area contributed by atoms with Crippen molar-refractivity contribution in [3.8, 4) is 0 Å². The van der Waals surface area contributed by atoms with Crippen LogP contribution in [0, 0.1) is 5.41 Å². The molecule has 1 fully saturated rings. The first-order valence-corrected chi connectivity index (χ1v) is 14.1. The van der Waals surface area contributed by atoms with Crippen molar-refractivity contribution in [1.82, 2.24) is 24.5 Å². The maximum atomic E-state index is 13.1. The lowest BCUT2D eigenvalue weighted by molar-refractivity contribution is 0.0603. The molecule has 0 bridgehead atoms. The molecule has 6 rings (SSSR count). The van der Waals surface area contributed by atoms with Crippen LogP contribution in [-0.2, 0) is 13.0 Å². The second-order valence-electron chi connectivity index (χ2n) is 11.2. The Hall–Kier alpha value is -3.12. The number of anilines is 2. The van der Waals surface area contributed by atoms with Gasteiger partial charge < -0.3 is 26.5 Å². The average Bonchev–Trinajstić information content (AvgIpc) is 3.44. The number of nitrogens with zero attached hydrogens (tertiary/aromatic N) is 5. The highest BCUT2D eigenvalue weighted by Gasteiger charge is 2.46. The number of piperidine rings is 1. The van der Waals surface area contributed by atoms with Crippen LogP contribution in [-0.4, -0.2) is 48.3 Å². The summed E-state index contributed by atoms with van der Waals surface area (Å²) >= 11 is 7.95. The number of rotatable bonds is 5. The van der Waals surface area contributed by atoms with E-state index in [9.17, 15) is 9.90 Å². The quantitative estimate of drug-likeness (QED) is 0.284. The Labute approximate surface area is 234 Å². The lowest BCUT2D eigenvalue weighted by Gasteiger charge is -2.42. The van der Waals surface area contributed by atoms with Crippen molar-refractivity contribution in [2.24, 2.45) is 11.1 Å². The molecule has 1 aliphatic heterocycles. The number of aromatic amines is 1. The zero-order valence-electron chi connectivity index (χ0n) is 21.8. The molecule has 1 atom stereocenters. The molecule has 1 aliphatic carbocycles. The Morgan fingerprint density at radius 3 is 2.72 bits per heavy atom. The van der Waals surface area contributed by atoms with Crippen LogP contribution in [0.25, 0.3) is 10.9 Å². The molecule has 4 aromatic rings. The van der Waals surface area contributed by atoms with Gasteiger partial charge in [-0.05, 0) is 62.3 Å². The highest BCUT2D eigenvalue weighted by molar-refractivity contribution is 7.99. The van der Waals surface area contributed by atoms with Crippen LogP contribution in [0.1, 0.15) is 44.0 Å². The Morgan fingerprint density at radius 2 is 2.03 bits per heavy atom. The summed E-state index contributed by atoms with van der Waals surface area (Å²) < 4.78 is 1.36. The first kappa shape index (κ1) is 26.1. The van der Waals surface area contributed by atoms with Gasteiger partial charge >= 0.3 is 0 Å². The van der Waals surface area contributed by atoms with Gasteiger partial charge in [-0.2, -0.15) is 0 Å². The van der Waals surface area contributed by atoms with Gasteiger partial charge in [0, 0.05) is 29.9 Å². The summed E-state index contributed by atoms with van der Waals surface area (Å²) in [6.07, 6.45) is 8.09. The van der Waals surface area contributed by atoms with E-state index in [0.717, 1.165) is 38.2 Å². The minimum Gasteiger partial charge on any atom is -0.389 e. The second-order valence-corrected chi connectivity index (χ2v) is 12.6. The van der Waals surface area contributed by atoms with Crippen molar-refractivity contribution in [1.29, 1.82) is 0 Å². The van der Waals surface area contributed by atoms with Gasteiger partial charge in [0.2, 0.25) is 0 Å². The third-order valence-corrected chi connectivity index (χ3v) is 9.45. The van der Waals surface area contributed by atoms with Crippen LogP contribution < -0.4 is 21.9 Å². The van der Waals surface area contributed by atoms with E-state index in [-0.39, 0.29) is 34.0 Å². The average molecular weight is 567 g/mol. The van der Waals surface area contributed by atoms with Crippen LogP contribution in [0.5, 0.6) is 0 Å². The number of nitrogens with one attached hydrogen (secondary N) is 1. The molecule has 10 nitrogen and oxygen atoms in total. The fourth-order valence-electron chi connectivity index (χ4n) is 5.83. The SMILES string of the molecule is CC(C)(O)Cn1cnc2ccc(Sc3ncc(N4CCC5(CC4)Cc4cc[nH]c4[C@H]5N)nc3N)c(Cl)c2c1=O. The highest BCUT2D eigenvalue weighted by Crippen LogP contribution is 2.50. The summed E-state index contributed by atoms with van der Waals surface area (Å²) in [5, 5.41) is 11.2. The summed E-state index contributed by atoms with van der Waals surface area (Å²) in [4.78, 5) is 32.9. The number of nitrogen functional groups attached to an aromatic ring is 1. The summed E-state index contributed by atoms with van der Waals surface area (Å²) in [7, 11) is 0. The molecule has 0 amide bonds. The maximum Gasteiger partial charge on any atom is 0.262 e. The van der Waals surface area contributed by atoms with E-state index in [2.05, 4.69) is 30.9 Å². The molecular formula is C27H31ClN8O2S. The molecule has 1 spiro atoms. The van der Waals surface area contributed by atoms with Gasteiger partial charge in [-0.25, -0.2) is 15.0 Å².